The van der Waals surface area contributed by atoms with Crippen LogP contribution in [-0.2, 0) is 6.61 Å². The van der Waals surface area contributed by atoms with Crippen molar-refractivity contribution in [2.24, 2.45) is 5.10 Å². The third-order valence-corrected chi connectivity index (χ3v) is 4.88. The summed E-state index contributed by atoms with van der Waals surface area (Å²) in [5, 5.41) is 24.3. The Morgan fingerprint density at radius 2 is 1.67 bits per heavy atom. The zero-order chi connectivity index (χ0) is 21.7. The van der Waals surface area contributed by atoms with E-state index >= 15 is 0 Å². The summed E-state index contributed by atoms with van der Waals surface area (Å²) < 4.78 is 5.82. The van der Waals surface area contributed by atoms with Gasteiger partial charge in [-0.3, -0.25) is 4.79 Å². The average molecular weight is 466 g/mol. The van der Waals surface area contributed by atoms with Gasteiger partial charge in [-0.05, 0) is 42.5 Å². The molecule has 0 atom stereocenters. The molecule has 0 bridgehead atoms. The average Bonchev–Trinajstić information content (AvgIpc) is 2.68. The van der Waals surface area contributed by atoms with Gasteiger partial charge in [0.15, 0.2) is 0 Å². The van der Waals surface area contributed by atoms with Gasteiger partial charge in [-0.1, -0.05) is 40.9 Å². The van der Waals surface area contributed by atoms with E-state index < -0.39 is 5.91 Å². The van der Waals surface area contributed by atoms with Crippen molar-refractivity contribution in [3.05, 3.63) is 86.4 Å². The zero-order valence-electron chi connectivity index (χ0n) is 15.3. The maximum Gasteiger partial charge on any atom is 0.271 e. The predicted molar refractivity (Wildman–Crippen MR) is 117 cm³/mol. The molecule has 0 aliphatic heterocycles. The van der Waals surface area contributed by atoms with Crippen molar-refractivity contribution in [1.29, 1.82) is 0 Å². The molecule has 0 saturated heterocycles. The van der Waals surface area contributed by atoms with E-state index in [0.29, 0.717) is 31.9 Å². The van der Waals surface area contributed by atoms with Crippen molar-refractivity contribution in [3.8, 4) is 17.2 Å². The minimum absolute atomic E-state index is 0.0422. The second kappa shape index (κ2) is 9.71. The Morgan fingerprint density at radius 1 is 1.00 bits per heavy atom. The molecule has 0 aliphatic carbocycles. The van der Waals surface area contributed by atoms with Crippen LogP contribution < -0.4 is 10.2 Å². The van der Waals surface area contributed by atoms with Gasteiger partial charge >= 0.3 is 0 Å². The number of amides is 1. The molecular weight excluding hydrogens is 451 g/mol. The number of phenolic OH excluding ortho intramolecular Hbond substituents is 2. The number of hydrogen-bond acceptors (Lipinski definition) is 5. The summed E-state index contributed by atoms with van der Waals surface area (Å²) in [6, 6.07) is 13.6. The van der Waals surface area contributed by atoms with Gasteiger partial charge in [0.05, 0.1) is 6.21 Å². The number of carbonyl (C=O) groups excluding carboxylic acids is 1. The standard InChI is InChI=1S/C21H15Cl3N2O4/c22-14-4-5-20(30-11-17-18(23)2-1-3-19(17)24)13(6-14)10-25-26-21(29)12-7-15(27)9-16(28)8-12/h1-10,27-28H,11H2,(H,26,29)/b25-10+. The fourth-order valence-electron chi connectivity index (χ4n) is 2.52. The molecule has 0 unspecified atom stereocenters. The summed E-state index contributed by atoms with van der Waals surface area (Å²) in [7, 11) is 0. The third kappa shape index (κ3) is 5.57. The number of ether oxygens (including phenoxy) is 1. The number of rotatable bonds is 6. The van der Waals surface area contributed by atoms with Gasteiger partial charge in [-0.2, -0.15) is 5.10 Å². The van der Waals surface area contributed by atoms with Gasteiger partial charge < -0.3 is 14.9 Å². The van der Waals surface area contributed by atoms with E-state index in [-0.39, 0.29) is 23.7 Å². The SMILES string of the molecule is O=C(N/N=C/c1cc(Cl)ccc1OCc1c(Cl)cccc1Cl)c1cc(O)cc(O)c1. The van der Waals surface area contributed by atoms with E-state index in [1.807, 2.05) is 0 Å². The molecule has 3 rings (SSSR count). The van der Waals surface area contributed by atoms with E-state index in [9.17, 15) is 15.0 Å². The fraction of sp³-hybridized carbons (Fsp3) is 0.0476. The predicted octanol–water partition coefficient (Wildman–Crippen LogP) is 5.40. The molecule has 0 fully saturated rings. The number of aromatic hydroxyl groups is 2. The van der Waals surface area contributed by atoms with Crippen molar-refractivity contribution in [1.82, 2.24) is 5.43 Å². The van der Waals surface area contributed by atoms with Crippen molar-refractivity contribution in [3.63, 3.8) is 0 Å². The number of hydrogen-bond donors (Lipinski definition) is 3. The first-order valence-electron chi connectivity index (χ1n) is 8.55. The maximum atomic E-state index is 12.1. The molecule has 3 N–H and O–H groups in total. The van der Waals surface area contributed by atoms with E-state index in [4.69, 9.17) is 39.5 Å². The Morgan fingerprint density at radius 3 is 2.33 bits per heavy atom. The number of carbonyl (C=O) groups is 1. The molecule has 0 aromatic heterocycles. The van der Waals surface area contributed by atoms with Gasteiger partial charge in [0, 0.05) is 37.8 Å². The first kappa shape index (κ1) is 21.8. The number of phenols is 2. The molecule has 3 aromatic carbocycles. The quantitative estimate of drug-likeness (QED) is 0.336. The van der Waals surface area contributed by atoms with Crippen LogP contribution in [0.2, 0.25) is 15.1 Å². The monoisotopic (exact) mass is 464 g/mol. The van der Waals surface area contributed by atoms with Crippen LogP contribution in [-0.4, -0.2) is 22.3 Å². The van der Waals surface area contributed by atoms with Gasteiger partial charge in [0.2, 0.25) is 0 Å². The van der Waals surface area contributed by atoms with Crippen LogP contribution in [0.25, 0.3) is 0 Å². The smallest absolute Gasteiger partial charge is 0.271 e. The molecule has 1 amide bonds. The van der Waals surface area contributed by atoms with Crippen molar-refractivity contribution in [2.75, 3.05) is 0 Å². The number of halogens is 3. The van der Waals surface area contributed by atoms with Crippen LogP contribution in [0.4, 0.5) is 0 Å². The first-order chi connectivity index (χ1) is 14.3. The largest absolute Gasteiger partial charge is 0.508 e. The van der Waals surface area contributed by atoms with Crippen LogP contribution in [0.1, 0.15) is 21.5 Å². The number of nitrogens with one attached hydrogen (secondary N) is 1. The van der Waals surface area contributed by atoms with Crippen LogP contribution in [0, 0.1) is 0 Å². The van der Waals surface area contributed by atoms with Crippen LogP contribution in [0.3, 0.4) is 0 Å². The summed E-state index contributed by atoms with van der Waals surface area (Å²) in [6.07, 6.45) is 1.36. The summed E-state index contributed by atoms with van der Waals surface area (Å²) in [5.41, 5.74) is 3.49. The second-order valence-electron chi connectivity index (χ2n) is 6.11. The second-order valence-corrected chi connectivity index (χ2v) is 7.36. The normalized spacial score (nSPS) is 10.9. The van der Waals surface area contributed by atoms with Gasteiger partial charge in [0.25, 0.3) is 5.91 Å². The Bertz CT molecular complexity index is 1080. The van der Waals surface area contributed by atoms with Crippen molar-refractivity contribution >= 4 is 46.9 Å². The van der Waals surface area contributed by atoms with Gasteiger partial charge in [-0.25, -0.2) is 5.43 Å². The van der Waals surface area contributed by atoms with E-state index in [1.54, 1.807) is 36.4 Å². The minimum atomic E-state index is -0.621. The Hall–Kier alpha value is -2.93. The molecule has 3 aromatic rings. The molecule has 0 aliphatic rings. The molecule has 0 saturated carbocycles. The van der Waals surface area contributed by atoms with Crippen molar-refractivity contribution < 1.29 is 19.7 Å². The van der Waals surface area contributed by atoms with Crippen LogP contribution in [0.15, 0.2) is 59.7 Å². The first-order valence-corrected chi connectivity index (χ1v) is 9.68. The molecule has 0 spiro atoms. The molecule has 6 nitrogen and oxygen atoms in total. The third-order valence-electron chi connectivity index (χ3n) is 3.94. The summed E-state index contributed by atoms with van der Waals surface area (Å²) in [4.78, 5) is 12.1. The zero-order valence-corrected chi connectivity index (χ0v) is 17.5. The molecule has 9 heteroatoms. The van der Waals surface area contributed by atoms with E-state index in [1.165, 1.54) is 18.3 Å². The highest BCUT2D eigenvalue weighted by molar-refractivity contribution is 6.36. The van der Waals surface area contributed by atoms with Crippen LogP contribution in [0.5, 0.6) is 17.2 Å². The van der Waals surface area contributed by atoms with Gasteiger partial charge in [0.1, 0.15) is 23.9 Å². The lowest BCUT2D eigenvalue weighted by molar-refractivity contribution is 0.0954. The summed E-state index contributed by atoms with van der Waals surface area (Å²) in [5.74, 6) is -0.658. The maximum absolute atomic E-state index is 12.1. The number of nitrogens with zero attached hydrogens (tertiary/aromatic N) is 1. The molecule has 0 radical (unpaired) electrons. The van der Waals surface area contributed by atoms with Crippen molar-refractivity contribution in [2.45, 2.75) is 6.61 Å². The topological polar surface area (TPSA) is 91.2 Å². The Balaban J connectivity index is 1.74. The van der Waals surface area contributed by atoms with Gasteiger partial charge in [-0.15, -0.1) is 0 Å². The lowest BCUT2D eigenvalue weighted by Crippen LogP contribution is -2.17. The molecule has 0 heterocycles. The highest BCUT2D eigenvalue weighted by Crippen LogP contribution is 2.28. The number of benzene rings is 3. The summed E-state index contributed by atoms with van der Waals surface area (Å²) >= 11 is 18.4. The molecular formula is C21H15Cl3N2O4. The fourth-order valence-corrected chi connectivity index (χ4v) is 3.21. The molecule has 30 heavy (non-hydrogen) atoms. The molecule has 154 valence electrons. The minimum Gasteiger partial charge on any atom is -0.508 e. The highest BCUT2D eigenvalue weighted by atomic mass is 35.5. The highest BCUT2D eigenvalue weighted by Gasteiger charge is 2.10. The summed E-state index contributed by atoms with van der Waals surface area (Å²) in [6.45, 7) is 0.121. The lowest BCUT2D eigenvalue weighted by Gasteiger charge is -2.12. The lowest BCUT2D eigenvalue weighted by atomic mass is 10.2. The van der Waals surface area contributed by atoms with E-state index in [2.05, 4.69) is 10.5 Å². The van der Waals surface area contributed by atoms with E-state index in [0.717, 1.165) is 6.07 Å². The van der Waals surface area contributed by atoms with Crippen LogP contribution >= 0.6 is 34.8 Å². The Kier molecular flexibility index (Phi) is 7.05. The Labute approximate surface area is 187 Å². The number of hydrazone groups is 1.